The van der Waals surface area contributed by atoms with Crippen molar-refractivity contribution in [3.05, 3.63) is 0 Å². The number of likely N-dealkylation sites (tertiary alicyclic amines) is 1. The molecular weight excluding hydrogens is 382 g/mol. The van der Waals surface area contributed by atoms with Crippen LogP contribution in [0.3, 0.4) is 0 Å². The molecule has 0 aromatic carbocycles. The number of rotatable bonds is 9. The van der Waals surface area contributed by atoms with Crippen LogP contribution in [0.5, 0.6) is 0 Å². The van der Waals surface area contributed by atoms with E-state index in [-0.39, 0.29) is 5.75 Å². The van der Waals surface area contributed by atoms with Crippen molar-refractivity contribution in [3.63, 3.8) is 0 Å². The number of piperidine rings is 1. The number of aliphatic imine (C=N–C) groups is 1. The largest absolute Gasteiger partial charge is 0.357 e. The predicted octanol–water partition coefficient (Wildman–Crippen LogP) is 1.18. The van der Waals surface area contributed by atoms with Crippen LogP contribution in [0.1, 0.15) is 39.5 Å². The smallest absolute Gasteiger partial charge is 0.215 e. The zero-order valence-corrected chi connectivity index (χ0v) is 18.6. The standard InChI is InChI=1S/C18H37N5O2S2/c1-3-19-18(20-8-6-11-22-10-5-4-7-17(22)2)21-9-16-27(24,25)23-12-14-26-15-13-23/h17H,3-16H2,1-2H3,(H2,19,20,21). The van der Waals surface area contributed by atoms with Crippen molar-refractivity contribution in [2.45, 2.75) is 45.6 Å². The van der Waals surface area contributed by atoms with Crippen LogP contribution in [-0.2, 0) is 10.0 Å². The molecule has 2 rings (SSSR count). The fraction of sp³-hybridized carbons (Fsp3) is 0.944. The molecule has 2 aliphatic rings. The molecule has 2 fully saturated rings. The summed E-state index contributed by atoms with van der Waals surface area (Å²) in [5, 5.41) is 6.39. The molecule has 0 amide bonds. The summed E-state index contributed by atoms with van der Waals surface area (Å²) >= 11 is 1.82. The Balaban J connectivity index is 1.71. The van der Waals surface area contributed by atoms with Gasteiger partial charge in [-0.2, -0.15) is 11.8 Å². The summed E-state index contributed by atoms with van der Waals surface area (Å²) in [6.45, 7) is 9.82. The van der Waals surface area contributed by atoms with E-state index >= 15 is 0 Å². The molecule has 0 aromatic heterocycles. The van der Waals surface area contributed by atoms with Crippen LogP contribution in [0.4, 0.5) is 0 Å². The van der Waals surface area contributed by atoms with E-state index in [1.807, 2.05) is 18.7 Å². The lowest BCUT2D eigenvalue weighted by Gasteiger charge is -2.33. The summed E-state index contributed by atoms with van der Waals surface area (Å²) in [7, 11) is -3.17. The minimum atomic E-state index is -3.17. The van der Waals surface area contributed by atoms with Gasteiger partial charge in [-0.05, 0) is 39.7 Å². The zero-order valence-electron chi connectivity index (χ0n) is 17.0. The molecule has 158 valence electrons. The average molecular weight is 420 g/mol. The van der Waals surface area contributed by atoms with Gasteiger partial charge in [0, 0.05) is 56.8 Å². The fourth-order valence-electron chi connectivity index (χ4n) is 3.55. The van der Waals surface area contributed by atoms with Crippen molar-refractivity contribution in [2.75, 3.05) is 63.1 Å². The van der Waals surface area contributed by atoms with Gasteiger partial charge in [0.2, 0.25) is 10.0 Å². The van der Waals surface area contributed by atoms with Gasteiger partial charge in [-0.3, -0.25) is 4.99 Å². The molecule has 2 heterocycles. The maximum atomic E-state index is 12.4. The van der Waals surface area contributed by atoms with E-state index in [0.717, 1.165) is 37.6 Å². The molecule has 2 saturated heterocycles. The quantitative estimate of drug-likeness (QED) is 0.332. The van der Waals surface area contributed by atoms with Gasteiger partial charge in [0.15, 0.2) is 5.96 Å². The lowest BCUT2D eigenvalue weighted by Crippen LogP contribution is -2.44. The van der Waals surface area contributed by atoms with Crippen LogP contribution < -0.4 is 10.6 Å². The minimum absolute atomic E-state index is 0.118. The van der Waals surface area contributed by atoms with Crippen LogP contribution in [0, 0.1) is 0 Å². The molecule has 2 N–H and O–H groups in total. The molecule has 1 atom stereocenters. The number of nitrogens with one attached hydrogen (secondary N) is 2. The van der Waals surface area contributed by atoms with Crippen LogP contribution in [-0.4, -0.2) is 92.7 Å². The number of nitrogens with zero attached hydrogens (tertiary/aromatic N) is 3. The Morgan fingerprint density at radius 3 is 2.67 bits per heavy atom. The van der Waals surface area contributed by atoms with Crippen LogP contribution >= 0.6 is 11.8 Å². The third-order valence-corrected chi connectivity index (χ3v) is 7.99. The predicted molar refractivity (Wildman–Crippen MR) is 116 cm³/mol. The van der Waals surface area contributed by atoms with Crippen molar-refractivity contribution in [3.8, 4) is 0 Å². The van der Waals surface area contributed by atoms with E-state index in [9.17, 15) is 8.42 Å². The monoisotopic (exact) mass is 419 g/mol. The van der Waals surface area contributed by atoms with Crippen molar-refractivity contribution in [2.24, 2.45) is 4.99 Å². The molecule has 0 radical (unpaired) electrons. The number of hydrogen-bond donors (Lipinski definition) is 2. The maximum Gasteiger partial charge on any atom is 0.215 e. The van der Waals surface area contributed by atoms with E-state index in [0.29, 0.717) is 31.6 Å². The van der Waals surface area contributed by atoms with Gasteiger partial charge in [-0.1, -0.05) is 6.42 Å². The highest BCUT2D eigenvalue weighted by Gasteiger charge is 2.23. The molecule has 0 aromatic rings. The van der Waals surface area contributed by atoms with Crippen LogP contribution in [0.2, 0.25) is 0 Å². The molecule has 1 unspecified atom stereocenters. The Bertz CT molecular complexity index is 550. The Labute approximate surface area is 169 Å². The second kappa shape index (κ2) is 12.1. The van der Waals surface area contributed by atoms with E-state index in [4.69, 9.17) is 0 Å². The molecule has 7 nitrogen and oxygen atoms in total. The van der Waals surface area contributed by atoms with Crippen molar-refractivity contribution in [1.82, 2.24) is 19.8 Å². The Kier molecular flexibility index (Phi) is 10.2. The Morgan fingerprint density at radius 1 is 1.19 bits per heavy atom. The Hall–Kier alpha value is -0.510. The SMILES string of the molecule is CCNC(=NCCCN1CCCCC1C)NCCS(=O)(=O)N1CCSCC1. The molecule has 0 aliphatic carbocycles. The zero-order chi connectivity index (χ0) is 19.5. The highest BCUT2D eigenvalue weighted by Crippen LogP contribution is 2.16. The average Bonchev–Trinajstić information content (AvgIpc) is 2.67. The topological polar surface area (TPSA) is 77.0 Å². The second-order valence-electron chi connectivity index (χ2n) is 7.25. The van der Waals surface area contributed by atoms with Crippen molar-refractivity contribution < 1.29 is 8.42 Å². The second-order valence-corrected chi connectivity index (χ2v) is 10.6. The molecule has 0 spiro atoms. The van der Waals surface area contributed by atoms with Crippen LogP contribution in [0.15, 0.2) is 4.99 Å². The molecule has 0 bridgehead atoms. The first kappa shape index (κ1) is 22.8. The number of sulfonamides is 1. The summed E-state index contributed by atoms with van der Waals surface area (Å²) in [5.74, 6) is 2.63. The third-order valence-electron chi connectivity index (χ3n) is 5.17. The first-order chi connectivity index (χ1) is 13.0. The van der Waals surface area contributed by atoms with Crippen LogP contribution in [0.25, 0.3) is 0 Å². The molecule has 2 aliphatic heterocycles. The van der Waals surface area contributed by atoms with E-state index in [1.54, 1.807) is 4.31 Å². The van der Waals surface area contributed by atoms with Crippen molar-refractivity contribution >= 4 is 27.7 Å². The summed E-state index contributed by atoms with van der Waals surface area (Å²) in [5.41, 5.74) is 0. The lowest BCUT2D eigenvalue weighted by atomic mass is 10.0. The highest BCUT2D eigenvalue weighted by molar-refractivity contribution is 7.99. The lowest BCUT2D eigenvalue weighted by molar-refractivity contribution is 0.160. The van der Waals surface area contributed by atoms with E-state index in [1.165, 1.54) is 25.8 Å². The van der Waals surface area contributed by atoms with Gasteiger partial charge in [0.1, 0.15) is 0 Å². The highest BCUT2D eigenvalue weighted by atomic mass is 32.2. The molecular formula is C18H37N5O2S2. The number of guanidine groups is 1. The molecule has 27 heavy (non-hydrogen) atoms. The molecule has 0 saturated carbocycles. The van der Waals surface area contributed by atoms with Crippen molar-refractivity contribution in [1.29, 1.82) is 0 Å². The van der Waals surface area contributed by atoms with Gasteiger partial charge < -0.3 is 15.5 Å². The number of thioether (sulfide) groups is 1. The summed E-state index contributed by atoms with van der Waals surface area (Å²) in [6.07, 6.45) is 4.99. The first-order valence-corrected chi connectivity index (χ1v) is 13.1. The fourth-order valence-corrected chi connectivity index (χ4v) is 6.04. The summed E-state index contributed by atoms with van der Waals surface area (Å²) in [4.78, 5) is 7.17. The Morgan fingerprint density at radius 2 is 1.96 bits per heavy atom. The van der Waals surface area contributed by atoms with Gasteiger partial charge in [0.05, 0.1) is 5.75 Å². The van der Waals surface area contributed by atoms with Gasteiger partial charge >= 0.3 is 0 Å². The third kappa shape index (κ3) is 8.17. The van der Waals surface area contributed by atoms with E-state index in [2.05, 4.69) is 27.4 Å². The summed E-state index contributed by atoms with van der Waals surface area (Å²) in [6, 6.07) is 0.687. The first-order valence-electron chi connectivity index (χ1n) is 10.3. The number of hydrogen-bond acceptors (Lipinski definition) is 5. The minimum Gasteiger partial charge on any atom is -0.357 e. The summed E-state index contributed by atoms with van der Waals surface area (Å²) < 4.78 is 26.4. The van der Waals surface area contributed by atoms with Gasteiger partial charge in [-0.15, -0.1) is 0 Å². The normalized spacial score (nSPS) is 23.3. The maximum absolute atomic E-state index is 12.4. The van der Waals surface area contributed by atoms with Gasteiger partial charge in [0.25, 0.3) is 0 Å². The van der Waals surface area contributed by atoms with Gasteiger partial charge in [-0.25, -0.2) is 12.7 Å². The molecule has 9 heteroatoms. The van der Waals surface area contributed by atoms with E-state index < -0.39 is 10.0 Å².